The summed E-state index contributed by atoms with van der Waals surface area (Å²) in [5, 5.41) is 9.63. The van der Waals surface area contributed by atoms with Gasteiger partial charge in [-0.3, -0.25) is 0 Å². The molecule has 1 saturated heterocycles. The smallest absolute Gasteiger partial charge is 0.410 e. The number of nitrogens with zero attached hydrogens (tertiary/aromatic N) is 1. The molecule has 2 atom stereocenters. The van der Waals surface area contributed by atoms with Crippen LogP contribution in [-0.4, -0.2) is 55.8 Å². The van der Waals surface area contributed by atoms with Gasteiger partial charge < -0.3 is 19.2 Å². The van der Waals surface area contributed by atoms with E-state index >= 15 is 0 Å². The molecule has 0 saturated carbocycles. The first-order chi connectivity index (χ1) is 9.48. The van der Waals surface area contributed by atoms with E-state index in [4.69, 9.17) is 9.16 Å². The van der Waals surface area contributed by atoms with Gasteiger partial charge in [-0.2, -0.15) is 0 Å². The molecule has 124 valence electrons. The van der Waals surface area contributed by atoms with Crippen LogP contribution in [0.15, 0.2) is 0 Å². The fourth-order valence-electron chi connectivity index (χ4n) is 2.22. The third-order valence-corrected chi connectivity index (χ3v) is 8.96. The Morgan fingerprint density at radius 3 is 2.38 bits per heavy atom. The number of carbonyl (C=O) groups excluding carboxylic acids is 1. The molecule has 0 aromatic rings. The number of aliphatic hydroxyl groups is 1. The van der Waals surface area contributed by atoms with Crippen LogP contribution < -0.4 is 0 Å². The van der Waals surface area contributed by atoms with Crippen molar-refractivity contribution in [3.63, 3.8) is 0 Å². The summed E-state index contributed by atoms with van der Waals surface area (Å²) in [7, 11) is -1.87. The lowest BCUT2D eigenvalue weighted by Crippen LogP contribution is -2.45. The summed E-state index contributed by atoms with van der Waals surface area (Å²) >= 11 is 0. The van der Waals surface area contributed by atoms with Crippen molar-refractivity contribution in [3.05, 3.63) is 0 Å². The highest BCUT2D eigenvalue weighted by molar-refractivity contribution is 6.74. The van der Waals surface area contributed by atoms with Crippen LogP contribution >= 0.6 is 0 Å². The standard InChI is InChI=1S/C15H31NO4Si/c1-11(2)19-14(18)16-9-13(8-12(16)10-17)20-21(6,7)15(3,4)5/h11-13,17H,8-10H2,1-7H3. The molecule has 0 radical (unpaired) electrons. The van der Waals surface area contributed by atoms with Crippen molar-refractivity contribution in [2.75, 3.05) is 13.2 Å². The molecule has 1 N–H and O–H groups in total. The van der Waals surface area contributed by atoms with E-state index in [1.54, 1.807) is 4.90 Å². The van der Waals surface area contributed by atoms with E-state index in [0.717, 1.165) is 0 Å². The zero-order valence-corrected chi connectivity index (χ0v) is 15.5. The van der Waals surface area contributed by atoms with E-state index in [-0.39, 0.29) is 36.0 Å². The molecule has 1 aliphatic rings. The van der Waals surface area contributed by atoms with E-state index in [1.165, 1.54) is 0 Å². The molecule has 1 heterocycles. The fraction of sp³-hybridized carbons (Fsp3) is 0.933. The Bertz CT molecular complexity index is 365. The van der Waals surface area contributed by atoms with E-state index in [0.29, 0.717) is 13.0 Å². The third kappa shape index (κ3) is 4.69. The van der Waals surface area contributed by atoms with Gasteiger partial charge in [-0.1, -0.05) is 20.8 Å². The quantitative estimate of drug-likeness (QED) is 0.810. The van der Waals surface area contributed by atoms with Gasteiger partial charge in [0.2, 0.25) is 0 Å². The number of amides is 1. The van der Waals surface area contributed by atoms with Crippen LogP contribution in [0.5, 0.6) is 0 Å². The molecule has 0 spiro atoms. The molecule has 1 aliphatic heterocycles. The van der Waals surface area contributed by atoms with Crippen molar-refractivity contribution in [2.24, 2.45) is 0 Å². The summed E-state index contributed by atoms with van der Waals surface area (Å²) in [4.78, 5) is 13.7. The number of hydrogen-bond donors (Lipinski definition) is 1. The maximum atomic E-state index is 12.1. The molecular formula is C15H31NO4Si. The Balaban J connectivity index is 2.72. The monoisotopic (exact) mass is 317 g/mol. The van der Waals surface area contributed by atoms with Gasteiger partial charge in [0.1, 0.15) is 0 Å². The summed E-state index contributed by atoms with van der Waals surface area (Å²) < 4.78 is 11.6. The van der Waals surface area contributed by atoms with Gasteiger partial charge in [-0.25, -0.2) is 4.79 Å². The van der Waals surface area contributed by atoms with Gasteiger partial charge in [0.05, 0.1) is 24.9 Å². The number of rotatable bonds is 4. The molecular weight excluding hydrogens is 286 g/mol. The van der Waals surface area contributed by atoms with Crippen LogP contribution in [0.2, 0.25) is 18.1 Å². The lowest BCUT2D eigenvalue weighted by molar-refractivity contribution is 0.0616. The summed E-state index contributed by atoms with van der Waals surface area (Å²) in [6.45, 7) is 15.1. The minimum Gasteiger partial charge on any atom is -0.447 e. The predicted octanol–water partition coefficient (Wildman–Crippen LogP) is 2.99. The topological polar surface area (TPSA) is 59.0 Å². The zero-order chi connectivity index (χ0) is 16.4. The van der Waals surface area contributed by atoms with Gasteiger partial charge in [0.15, 0.2) is 8.32 Å². The van der Waals surface area contributed by atoms with Crippen molar-refractivity contribution in [2.45, 2.75) is 77.4 Å². The number of hydrogen-bond acceptors (Lipinski definition) is 4. The highest BCUT2D eigenvalue weighted by atomic mass is 28.4. The minimum atomic E-state index is -1.87. The third-order valence-electron chi connectivity index (χ3n) is 4.43. The molecule has 1 rings (SSSR count). The van der Waals surface area contributed by atoms with E-state index in [9.17, 15) is 9.90 Å². The van der Waals surface area contributed by atoms with Crippen molar-refractivity contribution < 1.29 is 19.1 Å². The average Bonchev–Trinajstić information content (AvgIpc) is 2.68. The first-order valence-corrected chi connectivity index (χ1v) is 10.6. The second-order valence-corrected chi connectivity index (χ2v) is 12.4. The van der Waals surface area contributed by atoms with Gasteiger partial charge in [-0.05, 0) is 38.4 Å². The summed E-state index contributed by atoms with van der Waals surface area (Å²) in [5.41, 5.74) is 0. The molecule has 1 fully saturated rings. The van der Waals surface area contributed by atoms with Gasteiger partial charge in [-0.15, -0.1) is 0 Å². The van der Waals surface area contributed by atoms with Crippen LogP contribution in [-0.2, 0) is 9.16 Å². The van der Waals surface area contributed by atoms with Gasteiger partial charge in [0.25, 0.3) is 0 Å². The van der Waals surface area contributed by atoms with E-state index < -0.39 is 8.32 Å². The summed E-state index contributed by atoms with van der Waals surface area (Å²) in [5.74, 6) is 0. The molecule has 5 nitrogen and oxygen atoms in total. The van der Waals surface area contributed by atoms with Crippen LogP contribution in [0.3, 0.4) is 0 Å². The first-order valence-electron chi connectivity index (χ1n) is 7.74. The molecule has 2 unspecified atom stereocenters. The average molecular weight is 318 g/mol. The van der Waals surface area contributed by atoms with Gasteiger partial charge in [0, 0.05) is 6.54 Å². The number of aliphatic hydroxyl groups excluding tert-OH is 1. The Labute approximate surface area is 129 Å². The van der Waals surface area contributed by atoms with Crippen LogP contribution in [0, 0.1) is 0 Å². The second kappa shape index (κ2) is 6.67. The van der Waals surface area contributed by atoms with Gasteiger partial charge >= 0.3 is 6.09 Å². The Morgan fingerprint density at radius 2 is 1.95 bits per heavy atom. The zero-order valence-electron chi connectivity index (χ0n) is 14.5. The number of ether oxygens (including phenoxy) is 1. The number of carbonyl (C=O) groups is 1. The molecule has 0 aromatic heterocycles. The normalized spacial score (nSPS) is 23.8. The number of likely N-dealkylation sites (tertiary alicyclic amines) is 1. The van der Waals surface area contributed by atoms with E-state index in [1.807, 2.05) is 13.8 Å². The minimum absolute atomic E-state index is 0.0113. The maximum absolute atomic E-state index is 12.1. The second-order valence-electron chi connectivity index (χ2n) is 7.66. The molecule has 6 heteroatoms. The van der Waals surface area contributed by atoms with E-state index in [2.05, 4.69) is 33.9 Å². The van der Waals surface area contributed by atoms with Crippen LogP contribution in [0.4, 0.5) is 4.79 Å². The fourth-order valence-corrected chi connectivity index (χ4v) is 3.58. The lowest BCUT2D eigenvalue weighted by Gasteiger charge is -2.38. The predicted molar refractivity (Wildman–Crippen MR) is 85.9 cm³/mol. The first kappa shape index (κ1) is 18.5. The Kier molecular flexibility index (Phi) is 5.86. The Hall–Kier alpha value is -0.593. The summed E-state index contributed by atoms with van der Waals surface area (Å²) in [6, 6.07) is -0.203. The van der Waals surface area contributed by atoms with Crippen LogP contribution in [0.1, 0.15) is 41.0 Å². The highest BCUT2D eigenvalue weighted by Gasteiger charge is 2.43. The molecule has 0 aliphatic carbocycles. The lowest BCUT2D eigenvalue weighted by atomic mass is 10.2. The van der Waals surface area contributed by atoms with Crippen molar-refractivity contribution >= 4 is 14.4 Å². The SMILES string of the molecule is CC(C)OC(=O)N1CC(O[Si](C)(C)C(C)(C)C)CC1CO. The van der Waals surface area contributed by atoms with Crippen LogP contribution in [0.25, 0.3) is 0 Å². The molecule has 1 amide bonds. The van der Waals surface area contributed by atoms with Crippen molar-refractivity contribution in [1.82, 2.24) is 4.90 Å². The Morgan fingerprint density at radius 1 is 1.38 bits per heavy atom. The van der Waals surface area contributed by atoms with Crippen molar-refractivity contribution in [3.8, 4) is 0 Å². The molecule has 0 aromatic carbocycles. The highest BCUT2D eigenvalue weighted by Crippen LogP contribution is 2.38. The van der Waals surface area contributed by atoms with Crippen molar-refractivity contribution in [1.29, 1.82) is 0 Å². The molecule has 21 heavy (non-hydrogen) atoms. The maximum Gasteiger partial charge on any atom is 0.410 e. The molecule has 0 bridgehead atoms. The largest absolute Gasteiger partial charge is 0.447 e. The summed E-state index contributed by atoms with van der Waals surface area (Å²) in [6.07, 6.45) is 0.154.